The van der Waals surface area contributed by atoms with E-state index in [4.69, 9.17) is 9.47 Å². The lowest BCUT2D eigenvalue weighted by Gasteiger charge is -2.16. The van der Waals surface area contributed by atoms with Crippen molar-refractivity contribution in [1.29, 1.82) is 0 Å². The van der Waals surface area contributed by atoms with Crippen LogP contribution in [0, 0.1) is 6.92 Å². The third kappa shape index (κ3) is 3.78. The summed E-state index contributed by atoms with van der Waals surface area (Å²) in [6.45, 7) is 1.79. The van der Waals surface area contributed by atoms with Gasteiger partial charge in [0.15, 0.2) is 12.4 Å². The molecule has 1 aliphatic rings. The molecule has 6 nitrogen and oxygen atoms in total. The molecule has 4 rings (SSSR count). The molecule has 3 aromatic rings. The first-order valence-corrected chi connectivity index (χ1v) is 9.20. The normalized spacial score (nSPS) is 12.3. The standard InChI is InChI=1S/C23H20N2O4/c1-15-7-3-5-9-19(15)28-14-22(26)24-16-11-12-20-17(13-16)23(27)25(2)18-8-4-6-10-21(18)29-20/h3-13H,14H2,1-2H3,(H,24,26). The Bertz CT molecular complexity index is 1090. The Kier molecular flexibility index (Phi) is 4.91. The number of nitrogens with one attached hydrogen (secondary N) is 1. The van der Waals surface area contributed by atoms with Crippen LogP contribution < -0.4 is 19.7 Å². The second-order valence-electron chi connectivity index (χ2n) is 6.75. The quantitative estimate of drug-likeness (QED) is 0.720. The molecular weight excluding hydrogens is 368 g/mol. The molecule has 0 fully saturated rings. The summed E-state index contributed by atoms with van der Waals surface area (Å²) in [5.74, 6) is 1.18. The zero-order valence-electron chi connectivity index (χ0n) is 16.1. The molecule has 0 atom stereocenters. The number of carbonyl (C=O) groups is 2. The van der Waals surface area contributed by atoms with Gasteiger partial charge in [0.2, 0.25) is 0 Å². The van der Waals surface area contributed by atoms with Crippen LogP contribution in [0.3, 0.4) is 0 Å². The van der Waals surface area contributed by atoms with E-state index in [0.717, 1.165) is 5.56 Å². The summed E-state index contributed by atoms with van der Waals surface area (Å²) in [4.78, 5) is 26.7. The minimum atomic E-state index is -0.313. The lowest BCUT2D eigenvalue weighted by Crippen LogP contribution is -2.25. The van der Waals surface area contributed by atoms with Gasteiger partial charge in [-0.05, 0) is 48.9 Å². The van der Waals surface area contributed by atoms with Crippen LogP contribution in [-0.2, 0) is 4.79 Å². The fraction of sp³-hybridized carbons (Fsp3) is 0.130. The second-order valence-corrected chi connectivity index (χ2v) is 6.75. The molecular formula is C23H20N2O4. The van der Waals surface area contributed by atoms with Gasteiger partial charge in [-0.3, -0.25) is 9.59 Å². The molecule has 6 heteroatoms. The Morgan fingerprint density at radius 3 is 2.62 bits per heavy atom. The number of amides is 2. The number of carbonyl (C=O) groups excluding carboxylic acids is 2. The first-order chi connectivity index (χ1) is 14.0. The van der Waals surface area contributed by atoms with Gasteiger partial charge in [-0.25, -0.2) is 0 Å². The molecule has 3 aromatic carbocycles. The zero-order valence-corrected chi connectivity index (χ0v) is 16.1. The number of hydrogen-bond donors (Lipinski definition) is 1. The van der Waals surface area contributed by atoms with Crippen LogP contribution in [-0.4, -0.2) is 25.5 Å². The third-order valence-corrected chi connectivity index (χ3v) is 4.70. The van der Waals surface area contributed by atoms with Crippen molar-refractivity contribution in [3.05, 3.63) is 77.9 Å². The molecule has 0 aromatic heterocycles. The molecule has 0 spiro atoms. The Balaban J connectivity index is 1.51. The number of fused-ring (bicyclic) bond motifs is 2. The number of ether oxygens (including phenoxy) is 2. The molecule has 0 aliphatic carbocycles. The molecule has 0 saturated carbocycles. The summed E-state index contributed by atoms with van der Waals surface area (Å²) >= 11 is 0. The van der Waals surface area contributed by atoms with Crippen molar-refractivity contribution in [3.63, 3.8) is 0 Å². The van der Waals surface area contributed by atoms with E-state index in [1.807, 2.05) is 55.5 Å². The Morgan fingerprint density at radius 2 is 1.79 bits per heavy atom. The lowest BCUT2D eigenvalue weighted by atomic mass is 10.1. The molecule has 0 saturated heterocycles. The number of para-hydroxylation sites is 3. The molecule has 0 radical (unpaired) electrons. The van der Waals surface area contributed by atoms with E-state index in [2.05, 4.69) is 5.32 Å². The van der Waals surface area contributed by atoms with Crippen molar-refractivity contribution in [2.75, 3.05) is 23.9 Å². The molecule has 2 amide bonds. The third-order valence-electron chi connectivity index (χ3n) is 4.70. The van der Waals surface area contributed by atoms with Crippen LogP contribution in [0.15, 0.2) is 66.7 Å². The first-order valence-electron chi connectivity index (χ1n) is 9.20. The minimum Gasteiger partial charge on any atom is -0.483 e. The molecule has 146 valence electrons. The van der Waals surface area contributed by atoms with Crippen LogP contribution in [0.5, 0.6) is 17.2 Å². The summed E-state index contributed by atoms with van der Waals surface area (Å²) < 4.78 is 11.5. The van der Waals surface area contributed by atoms with Crippen LogP contribution in [0.4, 0.5) is 11.4 Å². The van der Waals surface area contributed by atoms with E-state index in [9.17, 15) is 9.59 Å². The van der Waals surface area contributed by atoms with Gasteiger partial charge in [0, 0.05) is 12.7 Å². The highest BCUT2D eigenvalue weighted by Gasteiger charge is 2.25. The van der Waals surface area contributed by atoms with Crippen LogP contribution >= 0.6 is 0 Å². The highest BCUT2D eigenvalue weighted by atomic mass is 16.5. The first kappa shape index (κ1) is 18.6. The van der Waals surface area contributed by atoms with Crippen LogP contribution in [0.2, 0.25) is 0 Å². The topological polar surface area (TPSA) is 67.9 Å². The highest BCUT2D eigenvalue weighted by molar-refractivity contribution is 6.10. The maximum absolute atomic E-state index is 12.9. The molecule has 1 N–H and O–H groups in total. The van der Waals surface area contributed by atoms with Gasteiger partial charge >= 0.3 is 0 Å². The molecule has 0 unspecified atom stereocenters. The largest absolute Gasteiger partial charge is 0.483 e. The molecule has 1 heterocycles. The van der Waals surface area contributed by atoms with Crippen molar-refractivity contribution in [2.45, 2.75) is 6.92 Å². The molecule has 29 heavy (non-hydrogen) atoms. The number of anilines is 2. The highest BCUT2D eigenvalue weighted by Crippen LogP contribution is 2.38. The summed E-state index contributed by atoms with van der Waals surface area (Å²) in [5.41, 5.74) is 2.52. The van der Waals surface area contributed by atoms with Crippen LogP contribution in [0.1, 0.15) is 15.9 Å². The van der Waals surface area contributed by atoms with Gasteiger partial charge in [0.05, 0.1) is 11.3 Å². The van der Waals surface area contributed by atoms with Crippen molar-refractivity contribution in [3.8, 4) is 17.2 Å². The van der Waals surface area contributed by atoms with Crippen LogP contribution in [0.25, 0.3) is 0 Å². The second kappa shape index (κ2) is 7.67. The summed E-state index contributed by atoms with van der Waals surface area (Å²) in [6.07, 6.45) is 0. The monoisotopic (exact) mass is 388 g/mol. The Morgan fingerprint density at radius 1 is 1.03 bits per heavy atom. The van der Waals surface area contributed by atoms with E-state index in [0.29, 0.717) is 34.2 Å². The average molecular weight is 388 g/mol. The molecule has 0 bridgehead atoms. The molecule has 1 aliphatic heterocycles. The average Bonchev–Trinajstić information content (AvgIpc) is 2.83. The number of nitrogens with zero attached hydrogens (tertiary/aromatic N) is 1. The van der Waals surface area contributed by atoms with Crippen molar-refractivity contribution in [1.82, 2.24) is 0 Å². The van der Waals surface area contributed by atoms with Crippen molar-refractivity contribution >= 4 is 23.2 Å². The predicted molar refractivity (Wildman–Crippen MR) is 111 cm³/mol. The maximum Gasteiger partial charge on any atom is 0.262 e. The number of hydrogen-bond acceptors (Lipinski definition) is 4. The Hall–Kier alpha value is -3.80. The minimum absolute atomic E-state index is 0.127. The number of aryl methyl sites for hydroxylation is 1. The fourth-order valence-electron chi connectivity index (χ4n) is 3.15. The van der Waals surface area contributed by atoms with Gasteiger partial charge in [0.1, 0.15) is 11.5 Å². The van der Waals surface area contributed by atoms with E-state index in [1.165, 1.54) is 4.90 Å². The number of benzene rings is 3. The lowest BCUT2D eigenvalue weighted by molar-refractivity contribution is -0.118. The fourth-order valence-corrected chi connectivity index (χ4v) is 3.15. The predicted octanol–water partition coefficient (Wildman–Crippen LogP) is 4.39. The van der Waals surface area contributed by atoms with Gasteiger partial charge < -0.3 is 19.7 Å². The van der Waals surface area contributed by atoms with Gasteiger partial charge in [-0.15, -0.1) is 0 Å². The van der Waals surface area contributed by atoms with Gasteiger partial charge in [-0.2, -0.15) is 0 Å². The number of rotatable bonds is 4. The Labute approximate surface area is 168 Å². The van der Waals surface area contributed by atoms with Gasteiger partial charge in [-0.1, -0.05) is 30.3 Å². The maximum atomic E-state index is 12.9. The summed E-state index contributed by atoms with van der Waals surface area (Å²) in [6, 6.07) is 19.8. The van der Waals surface area contributed by atoms with E-state index in [1.54, 1.807) is 25.2 Å². The van der Waals surface area contributed by atoms with Crippen molar-refractivity contribution < 1.29 is 19.1 Å². The van der Waals surface area contributed by atoms with E-state index < -0.39 is 0 Å². The summed E-state index contributed by atoms with van der Waals surface area (Å²) in [7, 11) is 1.70. The van der Waals surface area contributed by atoms with Crippen molar-refractivity contribution in [2.24, 2.45) is 0 Å². The zero-order chi connectivity index (χ0) is 20.4. The smallest absolute Gasteiger partial charge is 0.262 e. The SMILES string of the molecule is Cc1ccccc1OCC(=O)Nc1ccc2c(c1)C(=O)N(C)c1ccccc1O2. The van der Waals surface area contributed by atoms with E-state index >= 15 is 0 Å². The van der Waals surface area contributed by atoms with E-state index in [-0.39, 0.29) is 18.4 Å². The summed E-state index contributed by atoms with van der Waals surface area (Å²) in [5, 5.41) is 2.77. The van der Waals surface area contributed by atoms with Gasteiger partial charge in [0.25, 0.3) is 11.8 Å².